The van der Waals surface area contributed by atoms with Gasteiger partial charge >= 0.3 is 12.1 Å². The fraction of sp³-hybridized carbons (Fsp3) is 0.559. The van der Waals surface area contributed by atoms with Crippen molar-refractivity contribution >= 4 is 35.5 Å². The Kier molecular flexibility index (Phi) is 11.2. The lowest BCUT2D eigenvalue weighted by Crippen LogP contribution is -2.56. The molecule has 0 saturated carbocycles. The molecule has 2 aromatic rings. The molecule has 46 heavy (non-hydrogen) atoms. The normalized spacial score (nSPS) is 20.2. The molecule has 3 N–H and O–H groups in total. The van der Waals surface area contributed by atoms with E-state index in [4.69, 9.17) is 4.79 Å². The molecule has 4 amide bonds. The number of allylic oxidation sites excluding steroid dienone is 2. The van der Waals surface area contributed by atoms with Crippen molar-refractivity contribution in [3.05, 3.63) is 52.9 Å². The Labute approximate surface area is 271 Å². The van der Waals surface area contributed by atoms with Gasteiger partial charge in [0.15, 0.2) is 0 Å². The van der Waals surface area contributed by atoms with Crippen LogP contribution in [0.5, 0.6) is 0 Å². The van der Waals surface area contributed by atoms with Crippen molar-refractivity contribution in [2.45, 2.75) is 76.5 Å². The average molecular weight is 633 g/mol. The molecule has 1 aliphatic carbocycles. The minimum absolute atomic E-state index is 0.0372. The van der Waals surface area contributed by atoms with Gasteiger partial charge in [-0.25, -0.2) is 9.59 Å². The number of carbonyl (C=O) groups is 4. The van der Waals surface area contributed by atoms with Crippen LogP contribution in [0.4, 0.5) is 9.59 Å². The highest BCUT2D eigenvalue weighted by molar-refractivity contribution is 5.84. The van der Waals surface area contributed by atoms with Crippen LogP contribution in [-0.2, 0) is 22.6 Å². The lowest BCUT2D eigenvalue weighted by Gasteiger charge is -2.41. The predicted octanol–water partition coefficient (Wildman–Crippen LogP) is 3.21. The highest BCUT2D eigenvalue weighted by Gasteiger charge is 2.34. The quantitative estimate of drug-likeness (QED) is 0.381. The molecule has 12 nitrogen and oxygen atoms in total. The van der Waals surface area contributed by atoms with Crippen molar-refractivity contribution in [3.63, 3.8) is 0 Å². The number of benzene rings is 1. The van der Waals surface area contributed by atoms with E-state index in [2.05, 4.69) is 62.9 Å². The third-order valence-electron chi connectivity index (χ3n) is 9.78. The van der Waals surface area contributed by atoms with Crippen molar-refractivity contribution in [3.8, 4) is 0 Å². The number of urea groups is 2. The largest absolute Gasteiger partial charge is 0.328 e. The summed E-state index contributed by atoms with van der Waals surface area (Å²) in [5, 5.41) is 14.5. The van der Waals surface area contributed by atoms with Crippen LogP contribution in [0.3, 0.4) is 0 Å². The fourth-order valence-electron chi connectivity index (χ4n) is 7.07. The second kappa shape index (κ2) is 15.5. The molecule has 1 aromatic carbocycles. The molecule has 0 bridgehead atoms. The van der Waals surface area contributed by atoms with Crippen LogP contribution in [0.1, 0.15) is 56.6 Å². The molecular weight excluding hydrogens is 584 g/mol. The number of likely N-dealkylation sites (tertiary alicyclic amines) is 2. The Morgan fingerprint density at radius 3 is 2.61 bits per heavy atom. The van der Waals surface area contributed by atoms with Gasteiger partial charge in [-0.1, -0.05) is 18.2 Å². The lowest BCUT2D eigenvalue weighted by atomic mass is 9.96. The number of hydrogen-bond acceptors (Lipinski definition) is 7. The van der Waals surface area contributed by atoms with Crippen molar-refractivity contribution in [2.75, 3.05) is 46.8 Å². The van der Waals surface area contributed by atoms with Gasteiger partial charge < -0.3 is 34.9 Å². The summed E-state index contributed by atoms with van der Waals surface area (Å²) in [5.41, 5.74) is 5.40. The van der Waals surface area contributed by atoms with E-state index in [0.29, 0.717) is 44.9 Å². The maximum atomic E-state index is 13.3. The number of aromatic nitrogens is 2. The Balaban J connectivity index is 0.00000134. The van der Waals surface area contributed by atoms with Gasteiger partial charge in [-0.05, 0) is 102 Å². The molecule has 0 spiro atoms. The van der Waals surface area contributed by atoms with E-state index in [9.17, 15) is 14.4 Å². The van der Waals surface area contributed by atoms with Crippen LogP contribution in [0.15, 0.2) is 41.8 Å². The standard InChI is InChI=1S/C32H44N8O3.C2H4O/c1-37-13-9-25(10-14-37)38(2)20-28-22(7-8-30-27(28)18-33-36-30)17-24(21-41)34-31(42)39-15-11-26(12-16-39)40-19-23-5-3-4-6-29(23)35-32(40)43;1-2-3/h3,5,7-8,18,21,24-26H,4,6,9-17,19-20H2,1-2H3,(H,33,36)(H,34,42)(H,35,43);2H,1H3. The molecule has 4 aliphatic rings. The third kappa shape index (κ3) is 7.84. The number of nitrogens with zero attached hydrogens (tertiary/aromatic N) is 5. The van der Waals surface area contributed by atoms with Gasteiger partial charge in [0.1, 0.15) is 12.6 Å². The number of rotatable bonds is 8. The number of fused-ring (bicyclic) bond motifs is 1. The lowest BCUT2D eigenvalue weighted by molar-refractivity contribution is -0.109. The summed E-state index contributed by atoms with van der Waals surface area (Å²) in [5.74, 6) is 0. The first kappa shape index (κ1) is 33.3. The molecule has 1 unspecified atom stereocenters. The van der Waals surface area contributed by atoms with Crippen molar-refractivity contribution < 1.29 is 19.2 Å². The number of H-pyrrole nitrogens is 1. The zero-order chi connectivity index (χ0) is 32.6. The fourth-order valence-corrected chi connectivity index (χ4v) is 7.07. The van der Waals surface area contributed by atoms with E-state index < -0.39 is 6.04 Å². The average Bonchev–Trinajstić information content (AvgIpc) is 3.55. The molecule has 6 rings (SSSR count). The van der Waals surface area contributed by atoms with Gasteiger partial charge in [-0.2, -0.15) is 5.10 Å². The molecule has 2 fully saturated rings. The van der Waals surface area contributed by atoms with Crippen molar-refractivity contribution in [1.82, 2.24) is 40.4 Å². The number of aromatic amines is 1. The number of hydrogen-bond donors (Lipinski definition) is 3. The van der Waals surface area contributed by atoms with E-state index >= 15 is 0 Å². The number of aldehydes is 2. The second-order valence-corrected chi connectivity index (χ2v) is 12.8. The highest BCUT2D eigenvalue weighted by Crippen LogP contribution is 2.28. The van der Waals surface area contributed by atoms with E-state index in [1.165, 1.54) is 12.5 Å². The van der Waals surface area contributed by atoms with Crippen LogP contribution in [-0.4, -0.2) is 119 Å². The van der Waals surface area contributed by atoms with Gasteiger partial charge in [0, 0.05) is 49.3 Å². The molecule has 2 saturated heterocycles. The number of nitrogens with one attached hydrogen (secondary N) is 3. The van der Waals surface area contributed by atoms with E-state index in [-0.39, 0.29) is 18.1 Å². The maximum Gasteiger partial charge on any atom is 0.322 e. The Morgan fingerprint density at radius 2 is 1.89 bits per heavy atom. The molecule has 12 heteroatoms. The van der Waals surface area contributed by atoms with Crippen molar-refractivity contribution in [2.24, 2.45) is 0 Å². The first-order valence-corrected chi connectivity index (χ1v) is 16.5. The third-order valence-corrected chi connectivity index (χ3v) is 9.78. The zero-order valence-electron chi connectivity index (χ0n) is 27.3. The summed E-state index contributed by atoms with van der Waals surface area (Å²) in [6.07, 6.45) is 13.7. The molecule has 0 radical (unpaired) electrons. The monoisotopic (exact) mass is 632 g/mol. The molecule has 3 aliphatic heterocycles. The van der Waals surface area contributed by atoms with Gasteiger partial charge in [-0.3, -0.25) is 10.00 Å². The number of piperidine rings is 2. The first-order valence-electron chi connectivity index (χ1n) is 16.5. The van der Waals surface area contributed by atoms with E-state index in [1.807, 2.05) is 17.2 Å². The maximum absolute atomic E-state index is 13.3. The number of amides is 4. The summed E-state index contributed by atoms with van der Waals surface area (Å²) < 4.78 is 0. The smallest absolute Gasteiger partial charge is 0.322 e. The summed E-state index contributed by atoms with van der Waals surface area (Å²) in [7, 11) is 4.35. The van der Waals surface area contributed by atoms with Gasteiger partial charge in [-0.15, -0.1) is 0 Å². The summed E-state index contributed by atoms with van der Waals surface area (Å²) in [6.45, 7) is 6.10. The molecule has 1 aromatic heterocycles. The molecule has 1 atom stereocenters. The summed E-state index contributed by atoms with van der Waals surface area (Å²) in [6, 6.07) is 3.74. The molecule has 4 heterocycles. The van der Waals surface area contributed by atoms with Crippen molar-refractivity contribution in [1.29, 1.82) is 0 Å². The molecule has 248 valence electrons. The zero-order valence-corrected chi connectivity index (χ0v) is 27.3. The van der Waals surface area contributed by atoms with E-state index in [0.717, 1.165) is 85.6 Å². The first-order chi connectivity index (χ1) is 22.3. The topological polar surface area (TPSA) is 134 Å². The minimum Gasteiger partial charge on any atom is -0.328 e. The minimum atomic E-state index is -0.640. The van der Waals surface area contributed by atoms with Crippen LogP contribution >= 0.6 is 0 Å². The van der Waals surface area contributed by atoms with Crippen LogP contribution in [0.2, 0.25) is 0 Å². The summed E-state index contributed by atoms with van der Waals surface area (Å²) in [4.78, 5) is 55.6. The predicted molar refractivity (Wildman–Crippen MR) is 177 cm³/mol. The Hall–Kier alpha value is -4.03. The van der Waals surface area contributed by atoms with Crippen LogP contribution in [0, 0.1) is 0 Å². The number of carbonyl (C=O) groups excluding carboxylic acids is 4. The van der Waals surface area contributed by atoms with E-state index in [1.54, 1.807) is 4.90 Å². The summed E-state index contributed by atoms with van der Waals surface area (Å²) >= 11 is 0. The Morgan fingerprint density at radius 1 is 1.15 bits per heavy atom. The van der Waals surface area contributed by atoms with Gasteiger partial charge in [0.05, 0.1) is 17.8 Å². The van der Waals surface area contributed by atoms with Crippen LogP contribution < -0.4 is 10.6 Å². The molecular formula is C34H48N8O4. The van der Waals surface area contributed by atoms with Gasteiger partial charge in [0.2, 0.25) is 0 Å². The SMILES string of the molecule is CC=O.CN1CCC(N(C)Cc2c(CC(C=O)NC(=O)N3CCC(N4CC5=C(CCC=C5)NC4=O)CC3)ccc3[nH]ncc23)CC1. The van der Waals surface area contributed by atoms with Gasteiger partial charge in [0.25, 0.3) is 0 Å². The highest BCUT2D eigenvalue weighted by atomic mass is 16.2. The van der Waals surface area contributed by atoms with Crippen LogP contribution in [0.25, 0.3) is 10.9 Å². The second-order valence-electron chi connectivity index (χ2n) is 12.8. The Bertz CT molecular complexity index is 1450.